The minimum atomic E-state index is -0.0304. The number of aromatic nitrogens is 3. The molecular formula is C13H13N3OS. The first-order valence-electron chi connectivity index (χ1n) is 5.38. The van der Waals surface area contributed by atoms with E-state index in [-0.39, 0.29) is 5.56 Å². The lowest BCUT2D eigenvalue weighted by atomic mass is 10.4. The van der Waals surface area contributed by atoms with Crippen LogP contribution in [0.4, 0.5) is 0 Å². The number of thioether (sulfide) groups is 1. The molecule has 4 nitrogen and oxygen atoms in total. The molecule has 2 aromatic heterocycles. The summed E-state index contributed by atoms with van der Waals surface area (Å²) in [5.74, 6) is 3.90. The summed E-state index contributed by atoms with van der Waals surface area (Å²) in [4.78, 5) is 16.1. The van der Waals surface area contributed by atoms with Gasteiger partial charge in [0.2, 0.25) is 0 Å². The molecule has 0 amide bonds. The lowest BCUT2D eigenvalue weighted by molar-refractivity contribution is 0.830. The van der Waals surface area contributed by atoms with Gasteiger partial charge in [0.1, 0.15) is 11.5 Å². The van der Waals surface area contributed by atoms with Gasteiger partial charge in [-0.2, -0.15) is 0 Å². The number of rotatable bonds is 3. The minimum Gasteiger partial charge on any atom is -0.306 e. The number of aryl methyl sites for hydroxylation is 1. The number of hydrogen-bond donors (Lipinski definition) is 0. The average Bonchev–Trinajstić information content (AvgIpc) is 2.73. The number of terminal acetylenes is 1. The zero-order valence-corrected chi connectivity index (χ0v) is 11.1. The summed E-state index contributed by atoms with van der Waals surface area (Å²) in [6.45, 7) is 1.86. The molecule has 0 aromatic carbocycles. The van der Waals surface area contributed by atoms with E-state index in [2.05, 4.69) is 10.9 Å². The van der Waals surface area contributed by atoms with E-state index in [9.17, 15) is 4.79 Å². The smallest absolute Gasteiger partial charge is 0.253 e. The molecule has 2 heterocycles. The van der Waals surface area contributed by atoms with Gasteiger partial charge in [-0.25, -0.2) is 4.98 Å². The Morgan fingerprint density at radius 3 is 2.89 bits per heavy atom. The van der Waals surface area contributed by atoms with Crippen LogP contribution in [0.5, 0.6) is 0 Å². The summed E-state index contributed by atoms with van der Waals surface area (Å²) in [6.07, 6.45) is 10.8. The first-order valence-corrected chi connectivity index (χ1v) is 6.77. The number of nitrogens with zero attached hydrogens (tertiary/aromatic N) is 3. The van der Waals surface area contributed by atoms with Crippen molar-refractivity contribution >= 4 is 11.8 Å². The Bertz CT molecular complexity index is 664. The van der Waals surface area contributed by atoms with Gasteiger partial charge in [-0.1, -0.05) is 0 Å². The summed E-state index contributed by atoms with van der Waals surface area (Å²) in [6, 6.07) is 3.47. The first kappa shape index (κ1) is 12.5. The number of imidazole rings is 1. The van der Waals surface area contributed by atoms with Crippen molar-refractivity contribution in [2.45, 2.75) is 12.8 Å². The molecule has 0 fully saturated rings. The van der Waals surface area contributed by atoms with Gasteiger partial charge in [0.05, 0.1) is 11.6 Å². The van der Waals surface area contributed by atoms with Gasteiger partial charge in [0, 0.05) is 18.5 Å². The van der Waals surface area contributed by atoms with E-state index < -0.39 is 0 Å². The van der Waals surface area contributed by atoms with Gasteiger partial charge in [-0.3, -0.25) is 4.79 Å². The van der Waals surface area contributed by atoms with Crippen molar-refractivity contribution in [1.82, 2.24) is 14.1 Å². The molecule has 0 aliphatic rings. The van der Waals surface area contributed by atoms with E-state index in [1.807, 2.05) is 23.8 Å². The highest BCUT2D eigenvalue weighted by atomic mass is 32.2. The maximum Gasteiger partial charge on any atom is 0.253 e. The van der Waals surface area contributed by atoms with Gasteiger partial charge in [-0.05, 0) is 25.2 Å². The van der Waals surface area contributed by atoms with Crippen molar-refractivity contribution in [3.05, 3.63) is 46.4 Å². The van der Waals surface area contributed by atoms with Crippen molar-refractivity contribution in [1.29, 1.82) is 0 Å². The Labute approximate surface area is 110 Å². The van der Waals surface area contributed by atoms with Gasteiger partial charge in [-0.15, -0.1) is 18.2 Å². The highest BCUT2D eigenvalue weighted by molar-refractivity contribution is 7.97. The summed E-state index contributed by atoms with van der Waals surface area (Å²) in [5.41, 5.74) is 1.32. The zero-order chi connectivity index (χ0) is 13.1. The molecule has 92 valence electrons. The second kappa shape index (κ2) is 5.15. The highest BCUT2D eigenvalue weighted by Crippen LogP contribution is 2.10. The van der Waals surface area contributed by atoms with Gasteiger partial charge >= 0.3 is 0 Å². The fourth-order valence-electron chi connectivity index (χ4n) is 1.70. The Kier molecular flexibility index (Phi) is 3.58. The molecule has 0 atom stereocenters. The number of pyridine rings is 1. The molecule has 0 unspecified atom stereocenters. The lowest BCUT2D eigenvalue weighted by Gasteiger charge is -2.07. The first-order chi connectivity index (χ1) is 8.65. The average molecular weight is 259 g/mol. The minimum absolute atomic E-state index is 0.0304. The fourth-order valence-corrected chi connectivity index (χ4v) is 2.19. The van der Waals surface area contributed by atoms with Crippen LogP contribution in [-0.2, 0) is 5.88 Å². The number of hydrogen-bond acceptors (Lipinski definition) is 3. The van der Waals surface area contributed by atoms with Crippen LogP contribution in [-0.4, -0.2) is 20.4 Å². The van der Waals surface area contributed by atoms with Crippen molar-refractivity contribution < 1.29 is 0 Å². The molecule has 0 bridgehead atoms. The van der Waals surface area contributed by atoms with E-state index >= 15 is 0 Å². The third-order valence-corrected chi connectivity index (χ3v) is 3.09. The molecule has 0 spiro atoms. The van der Waals surface area contributed by atoms with Crippen molar-refractivity contribution in [2.75, 3.05) is 6.26 Å². The summed E-state index contributed by atoms with van der Waals surface area (Å²) < 4.78 is 3.47. The van der Waals surface area contributed by atoms with Crippen LogP contribution < -0.4 is 5.56 Å². The molecule has 0 aliphatic carbocycles. The third-order valence-electron chi connectivity index (χ3n) is 2.56. The topological polar surface area (TPSA) is 39.8 Å². The normalized spacial score (nSPS) is 10.3. The van der Waals surface area contributed by atoms with Crippen molar-refractivity contribution in [2.24, 2.45) is 0 Å². The van der Waals surface area contributed by atoms with Crippen LogP contribution in [0.25, 0.3) is 5.69 Å². The van der Waals surface area contributed by atoms with Crippen LogP contribution >= 0.6 is 11.8 Å². The third kappa shape index (κ3) is 2.34. The largest absolute Gasteiger partial charge is 0.306 e. The van der Waals surface area contributed by atoms with Gasteiger partial charge < -0.3 is 9.13 Å². The van der Waals surface area contributed by atoms with E-state index in [1.54, 1.807) is 34.8 Å². The SMILES string of the molecule is C#Cc1cn(-c2ccn(CSC)c(=O)c2)c(C)n1. The van der Waals surface area contributed by atoms with Crippen LogP contribution in [0, 0.1) is 19.3 Å². The summed E-state index contributed by atoms with van der Waals surface area (Å²) >= 11 is 1.60. The zero-order valence-electron chi connectivity index (χ0n) is 10.3. The molecule has 0 saturated heterocycles. The van der Waals surface area contributed by atoms with E-state index in [0.29, 0.717) is 11.6 Å². The second-order valence-electron chi connectivity index (χ2n) is 3.80. The lowest BCUT2D eigenvalue weighted by Crippen LogP contribution is -2.18. The Balaban J connectivity index is 2.46. The maximum atomic E-state index is 11.9. The van der Waals surface area contributed by atoms with Crippen LogP contribution in [0.15, 0.2) is 29.3 Å². The molecule has 2 aromatic rings. The Hall–Kier alpha value is -1.93. The van der Waals surface area contributed by atoms with Crippen molar-refractivity contribution in [3.63, 3.8) is 0 Å². The molecule has 5 heteroatoms. The maximum absolute atomic E-state index is 11.9. The second-order valence-corrected chi connectivity index (χ2v) is 4.63. The van der Waals surface area contributed by atoms with E-state index in [4.69, 9.17) is 6.42 Å². The molecule has 18 heavy (non-hydrogen) atoms. The molecule has 0 aliphatic heterocycles. The van der Waals surface area contributed by atoms with Gasteiger partial charge in [0.25, 0.3) is 5.56 Å². The predicted octanol–water partition coefficient (Wildman–Crippen LogP) is 1.64. The monoisotopic (exact) mass is 259 g/mol. The van der Waals surface area contributed by atoms with E-state index in [1.165, 1.54) is 0 Å². The Morgan fingerprint density at radius 2 is 2.33 bits per heavy atom. The predicted molar refractivity (Wildman–Crippen MR) is 74.0 cm³/mol. The van der Waals surface area contributed by atoms with Gasteiger partial charge in [0.15, 0.2) is 0 Å². The fraction of sp³-hybridized carbons (Fsp3) is 0.231. The van der Waals surface area contributed by atoms with Crippen molar-refractivity contribution in [3.8, 4) is 18.0 Å². The molecular weight excluding hydrogens is 246 g/mol. The Morgan fingerprint density at radius 1 is 1.56 bits per heavy atom. The van der Waals surface area contributed by atoms with E-state index in [0.717, 1.165) is 11.5 Å². The molecule has 0 N–H and O–H groups in total. The molecule has 0 radical (unpaired) electrons. The van der Waals surface area contributed by atoms with Crippen LogP contribution in [0.2, 0.25) is 0 Å². The van der Waals surface area contributed by atoms with Crippen LogP contribution in [0.3, 0.4) is 0 Å². The molecule has 2 rings (SSSR count). The standard InChI is InChI=1S/C13H13N3OS/c1-4-11-8-16(10(2)14-11)12-5-6-15(9-18-3)13(17)7-12/h1,5-8H,9H2,2-3H3. The summed E-state index contributed by atoms with van der Waals surface area (Å²) in [5, 5.41) is 0. The quantitative estimate of drug-likeness (QED) is 0.787. The molecule has 0 saturated carbocycles. The summed E-state index contributed by atoms with van der Waals surface area (Å²) in [7, 11) is 0. The van der Waals surface area contributed by atoms with Crippen LogP contribution in [0.1, 0.15) is 11.5 Å². The highest BCUT2D eigenvalue weighted by Gasteiger charge is 2.05.